The maximum Gasteiger partial charge on any atom is 0.469 e. The van der Waals surface area contributed by atoms with E-state index in [0.717, 1.165) is 32.1 Å². The van der Waals surface area contributed by atoms with E-state index in [0.29, 0.717) is 6.42 Å². The quantitative estimate of drug-likeness (QED) is 0.0356. The smallest absolute Gasteiger partial charge is 0.462 e. The first kappa shape index (κ1) is 53.0. The van der Waals surface area contributed by atoms with E-state index < -0.39 is 32.5 Å². The van der Waals surface area contributed by atoms with Gasteiger partial charge in [-0.1, -0.05) is 232 Å². The molecule has 54 heavy (non-hydrogen) atoms. The van der Waals surface area contributed by atoms with Crippen LogP contribution in [-0.2, 0) is 28.2 Å². The van der Waals surface area contributed by atoms with Crippen LogP contribution in [-0.4, -0.2) is 41.0 Å². The summed E-state index contributed by atoms with van der Waals surface area (Å²) in [5.41, 5.74) is 0. The van der Waals surface area contributed by atoms with Gasteiger partial charge in [-0.15, -0.1) is 0 Å². The molecule has 2 N–H and O–H groups in total. The van der Waals surface area contributed by atoms with Crippen LogP contribution in [0.15, 0.2) is 0 Å². The highest BCUT2D eigenvalue weighted by Crippen LogP contribution is 2.36. The third kappa shape index (κ3) is 43.8. The van der Waals surface area contributed by atoms with Crippen LogP contribution in [0, 0.1) is 0 Å². The number of carbonyl (C=O) groups is 2. The molecule has 0 aliphatic carbocycles. The van der Waals surface area contributed by atoms with Crippen LogP contribution in [0.4, 0.5) is 0 Å². The first-order valence-corrected chi connectivity index (χ1v) is 24.9. The molecule has 0 aliphatic heterocycles. The number of phosphoric ester groups is 1. The average Bonchev–Trinajstić information content (AvgIpc) is 3.14. The van der Waals surface area contributed by atoms with Crippen LogP contribution in [0.3, 0.4) is 0 Å². The average molecular weight is 789 g/mol. The summed E-state index contributed by atoms with van der Waals surface area (Å²) >= 11 is 0. The van der Waals surface area contributed by atoms with E-state index in [1.165, 1.54) is 193 Å². The van der Waals surface area contributed by atoms with Crippen LogP contribution >= 0.6 is 7.82 Å². The predicted octanol–water partition coefficient (Wildman–Crippen LogP) is 14.4. The summed E-state index contributed by atoms with van der Waals surface area (Å²) in [7, 11) is -4.75. The number of rotatable bonds is 44. The molecule has 0 rings (SSSR count). The van der Waals surface area contributed by atoms with E-state index in [9.17, 15) is 14.2 Å². The van der Waals surface area contributed by atoms with Crippen molar-refractivity contribution < 1.29 is 37.9 Å². The number of unbranched alkanes of at least 4 members (excludes halogenated alkanes) is 34. The van der Waals surface area contributed by atoms with Crippen LogP contribution in [0.5, 0.6) is 0 Å². The Morgan fingerprint density at radius 2 is 0.667 bits per heavy atom. The third-order valence-electron chi connectivity index (χ3n) is 10.6. The molecule has 1 atom stereocenters. The second-order valence-corrected chi connectivity index (χ2v) is 17.3. The van der Waals surface area contributed by atoms with Gasteiger partial charge in [-0.2, -0.15) is 0 Å². The minimum atomic E-state index is -4.75. The Morgan fingerprint density at radius 3 is 0.944 bits per heavy atom. The molecule has 0 aromatic heterocycles. The van der Waals surface area contributed by atoms with Gasteiger partial charge in [0, 0.05) is 12.8 Å². The first-order valence-electron chi connectivity index (χ1n) is 23.3. The highest BCUT2D eigenvalue weighted by Gasteiger charge is 2.23. The molecule has 0 spiro atoms. The third-order valence-corrected chi connectivity index (χ3v) is 11.1. The fourth-order valence-electron chi connectivity index (χ4n) is 7.14. The van der Waals surface area contributed by atoms with Crippen LogP contribution in [0.2, 0.25) is 0 Å². The van der Waals surface area contributed by atoms with Crippen LogP contribution < -0.4 is 0 Å². The van der Waals surface area contributed by atoms with E-state index in [4.69, 9.17) is 19.3 Å². The van der Waals surface area contributed by atoms with E-state index in [-0.39, 0.29) is 19.4 Å². The Morgan fingerprint density at radius 1 is 0.407 bits per heavy atom. The molecule has 0 fully saturated rings. The van der Waals surface area contributed by atoms with Crippen molar-refractivity contribution in [1.29, 1.82) is 0 Å². The van der Waals surface area contributed by atoms with Gasteiger partial charge in [0.2, 0.25) is 0 Å². The first-order chi connectivity index (χ1) is 26.3. The molecular weight excluding hydrogens is 699 g/mol. The van der Waals surface area contributed by atoms with Crippen molar-refractivity contribution in [1.82, 2.24) is 0 Å². The van der Waals surface area contributed by atoms with Crippen molar-refractivity contribution in [2.24, 2.45) is 0 Å². The van der Waals surface area contributed by atoms with E-state index in [1.807, 2.05) is 0 Å². The normalized spacial score (nSPS) is 12.3. The highest BCUT2D eigenvalue weighted by molar-refractivity contribution is 7.46. The van der Waals surface area contributed by atoms with E-state index in [2.05, 4.69) is 18.4 Å². The van der Waals surface area contributed by atoms with Gasteiger partial charge < -0.3 is 19.3 Å². The summed E-state index contributed by atoms with van der Waals surface area (Å²) in [5.74, 6) is -0.864. The Labute approximate surface area is 334 Å². The highest BCUT2D eigenvalue weighted by atomic mass is 31.2. The number of hydrogen-bond donors (Lipinski definition) is 2. The molecule has 0 bridgehead atoms. The zero-order chi connectivity index (χ0) is 39.6. The molecule has 0 saturated heterocycles. The molecule has 0 heterocycles. The van der Waals surface area contributed by atoms with Crippen molar-refractivity contribution in [3.05, 3.63) is 0 Å². The minimum absolute atomic E-state index is 0.221. The summed E-state index contributed by atoms with van der Waals surface area (Å²) < 4.78 is 26.5. The summed E-state index contributed by atoms with van der Waals surface area (Å²) in [6, 6.07) is 0. The van der Waals surface area contributed by atoms with E-state index >= 15 is 0 Å². The van der Waals surface area contributed by atoms with Gasteiger partial charge in [-0.05, 0) is 12.8 Å². The monoisotopic (exact) mass is 789 g/mol. The molecule has 0 aliphatic rings. The minimum Gasteiger partial charge on any atom is -0.462 e. The lowest BCUT2D eigenvalue weighted by Crippen LogP contribution is -2.29. The fraction of sp³-hybridized carbons (Fsp3) is 0.956. The van der Waals surface area contributed by atoms with Gasteiger partial charge >= 0.3 is 19.8 Å². The maximum absolute atomic E-state index is 12.4. The summed E-state index contributed by atoms with van der Waals surface area (Å²) in [6.07, 6.45) is 45.4. The fourth-order valence-corrected chi connectivity index (χ4v) is 7.50. The summed E-state index contributed by atoms with van der Waals surface area (Å²) in [5, 5.41) is 0. The topological polar surface area (TPSA) is 119 Å². The van der Waals surface area contributed by atoms with Crippen molar-refractivity contribution in [2.75, 3.05) is 13.2 Å². The number of phosphoric acid groups is 1. The second kappa shape index (κ2) is 41.7. The zero-order valence-electron chi connectivity index (χ0n) is 35.7. The van der Waals surface area contributed by atoms with Crippen molar-refractivity contribution in [3.8, 4) is 0 Å². The standard InChI is InChI=1S/C45H89O8P/c1-3-5-7-9-11-13-15-17-19-20-21-22-23-24-26-28-30-32-34-36-38-40-45(47)53-43(42-52-54(48,49)50)41-51-44(46)39-37-35-33-31-29-27-25-18-16-14-12-10-8-6-4-2/h43H,3-42H2,1-2H3,(H2,48,49,50). The Hall–Kier alpha value is -0.950. The predicted molar refractivity (Wildman–Crippen MR) is 226 cm³/mol. The van der Waals surface area contributed by atoms with Gasteiger partial charge in [0.15, 0.2) is 6.10 Å². The van der Waals surface area contributed by atoms with Gasteiger partial charge in [0.1, 0.15) is 6.61 Å². The largest absolute Gasteiger partial charge is 0.469 e. The number of hydrogen-bond acceptors (Lipinski definition) is 6. The van der Waals surface area contributed by atoms with Gasteiger partial charge in [0.25, 0.3) is 0 Å². The molecular formula is C45H89O8P. The van der Waals surface area contributed by atoms with Crippen LogP contribution in [0.1, 0.15) is 258 Å². The van der Waals surface area contributed by atoms with Gasteiger partial charge in [-0.3, -0.25) is 14.1 Å². The molecule has 8 nitrogen and oxygen atoms in total. The molecule has 0 aromatic rings. The zero-order valence-corrected chi connectivity index (χ0v) is 36.5. The maximum atomic E-state index is 12.4. The summed E-state index contributed by atoms with van der Waals surface area (Å²) in [4.78, 5) is 42.9. The van der Waals surface area contributed by atoms with Crippen molar-refractivity contribution in [3.63, 3.8) is 0 Å². The van der Waals surface area contributed by atoms with Crippen molar-refractivity contribution in [2.45, 2.75) is 264 Å². The summed E-state index contributed by atoms with van der Waals surface area (Å²) in [6.45, 7) is 3.73. The van der Waals surface area contributed by atoms with Gasteiger partial charge in [0.05, 0.1) is 6.61 Å². The molecule has 1 unspecified atom stereocenters. The molecule has 9 heteroatoms. The molecule has 322 valence electrons. The van der Waals surface area contributed by atoms with E-state index in [1.54, 1.807) is 0 Å². The lowest BCUT2D eigenvalue weighted by molar-refractivity contribution is -0.161. The molecule has 0 amide bonds. The lowest BCUT2D eigenvalue weighted by atomic mass is 10.0. The number of esters is 2. The Bertz CT molecular complexity index is 848. The molecule has 0 saturated carbocycles. The second-order valence-electron chi connectivity index (χ2n) is 16.1. The Balaban J connectivity index is 3.79. The molecule has 0 aromatic carbocycles. The van der Waals surface area contributed by atoms with Crippen LogP contribution in [0.25, 0.3) is 0 Å². The molecule has 0 radical (unpaired) electrons. The Kier molecular flexibility index (Phi) is 40.9. The number of carbonyl (C=O) groups excluding carboxylic acids is 2. The lowest BCUT2D eigenvalue weighted by Gasteiger charge is -2.18. The SMILES string of the molecule is CCCCCCCCCCCCCCCCCCCCCCCC(=O)OC(COC(=O)CCCCCCCCCCCCCCCCC)COP(=O)(O)O. The van der Waals surface area contributed by atoms with Gasteiger partial charge in [-0.25, -0.2) is 4.57 Å². The number of ether oxygens (including phenoxy) is 2. The van der Waals surface area contributed by atoms with Crippen molar-refractivity contribution >= 4 is 19.8 Å².